The first-order valence-corrected chi connectivity index (χ1v) is 8.62. The third kappa shape index (κ3) is 13.0. The molecule has 13 nitrogen and oxygen atoms in total. The van der Waals surface area contributed by atoms with Gasteiger partial charge in [-0.05, 0) is 12.1 Å². The zero-order valence-electron chi connectivity index (χ0n) is 14.0. The fourth-order valence-electron chi connectivity index (χ4n) is 1.29. The zero-order valence-corrected chi connectivity index (χ0v) is 14.8. The van der Waals surface area contributed by atoms with E-state index in [1.165, 1.54) is 12.1 Å². The van der Waals surface area contributed by atoms with E-state index in [2.05, 4.69) is 4.18 Å². The monoisotopic (exact) mass is 415 g/mol. The van der Waals surface area contributed by atoms with Gasteiger partial charge in [-0.25, -0.2) is 19.3 Å². The van der Waals surface area contributed by atoms with E-state index in [1.807, 2.05) is 0 Å². The summed E-state index contributed by atoms with van der Waals surface area (Å²) in [6.07, 6.45) is 0. The summed E-state index contributed by atoms with van der Waals surface area (Å²) in [4.78, 5) is 24.7. The molecule has 0 unspecified atom stereocenters. The van der Waals surface area contributed by atoms with E-state index in [1.54, 1.807) is 0 Å². The van der Waals surface area contributed by atoms with Crippen molar-refractivity contribution < 1.29 is 56.9 Å². The molecule has 14 heteroatoms. The van der Waals surface area contributed by atoms with E-state index >= 15 is 0 Å². The Hall–Kier alpha value is -1.88. The highest BCUT2D eigenvalue weighted by atomic mass is 32.3. The van der Waals surface area contributed by atoms with E-state index in [-0.39, 0.29) is 45.2 Å². The minimum absolute atomic E-state index is 0.0108. The van der Waals surface area contributed by atoms with Gasteiger partial charge in [0.25, 0.3) is 0 Å². The zero-order chi connectivity index (χ0) is 20.7. The molecule has 1 aromatic carbocycles. The summed E-state index contributed by atoms with van der Waals surface area (Å²) in [5.41, 5.74) is -0.342. The van der Waals surface area contributed by atoms with Gasteiger partial charge in [0.15, 0.2) is 5.75 Å². The van der Waals surface area contributed by atoms with Gasteiger partial charge in [-0.15, -0.1) is 0 Å². The van der Waals surface area contributed by atoms with Gasteiger partial charge >= 0.3 is 16.4 Å². The van der Waals surface area contributed by atoms with Crippen molar-refractivity contribution in [3.63, 3.8) is 0 Å². The van der Waals surface area contributed by atoms with Crippen LogP contribution in [0.5, 0.6) is 5.75 Å². The third-order valence-corrected chi connectivity index (χ3v) is 2.57. The quantitative estimate of drug-likeness (QED) is 0.198. The van der Waals surface area contributed by atoms with Crippen molar-refractivity contribution in [2.45, 2.75) is 0 Å². The fraction of sp³-hybridized carbons (Fsp3) is 0.462. The normalized spacial score (nSPS) is 11.0. The van der Waals surface area contributed by atoms with Gasteiger partial charge in [0, 0.05) is 0 Å². The van der Waals surface area contributed by atoms with Gasteiger partial charge in [0.1, 0.15) is 5.56 Å². The summed E-state index contributed by atoms with van der Waals surface area (Å²) in [6, 6.07) is 5.06. The molecule has 27 heavy (non-hydrogen) atoms. The number of rotatable bonds is 12. The first-order chi connectivity index (χ1) is 12.7. The first kappa shape index (κ1) is 25.1. The molecule has 0 heterocycles. The van der Waals surface area contributed by atoms with Crippen LogP contribution in [0.2, 0.25) is 0 Å². The predicted molar refractivity (Wildman–Crippen MR) is 86.5 cm³/mol. The van der Waals surface area contributed by atoms with Gasteiger partial charge in [-0.2, -0.15) is 8.42 Å². The van der Waals surface area contributed by atoms with Crippen LogP contribution in [0.1, 0.15) is 10.4 Å². The molecule has 0 atom stereocenters. The molecule has 156 valence electrons. The maximum Gasteiger partial charge on any atom is 0.446 e. The Morgan fingerprint density at radius 2 is 1.37 bits per heavy atom. The smallest absolute Gasteiger partial charge is 0.446 e. The number of aromatic carboxylic acids is 1. The topological polar surface area (TPSA) is 193 Å². The lowest BCUT2D eigenvalue weighted by molar-refractivity contribution is -0.527. The number of benzene rings is 1. The lowest BCUT2D eigenvalue weighted by Crippen LogP contribution is -2.28. The second-order valence-electron chi connectivity index (χ2n) is 4.21. The highest BCUT2D eigenvalue weighted by Gasteiger charge is 2.15. The molecule has 0 amide bonds. The van der Waals surface area contributed by atoms with Crippen LogP contribution in [0.15, 0.2) is 24.3 Å². The fourth-order valence-corrected chi connectivity index (χ4v) is 1.66. The van der Waals surface area contributed by atoms with Gasteiger partial charge < -0.3 is 24.6 Å². The second kappa shape index (κ2) is 14.2. The van der Waals surface area contributed by atoms with Crippen LogP contribution in [0.4, 0.5) is 0 Å². The van der Waals surface area contributed by atoms with E-state index in [4.69, 9.17) is 39.5 Å². The molecule has 0 bridgehead atoms. The third-order valence-electron chi connectivity index (χ3n) is 2.18. The van der Waals surface area contributed by atoms with Crippen LogP contribution >= 0.6 is 0 Å². The molecule has 1 aromatic rings. The van der Waals surface area contributed by atoms with Crippen molar-refractivity contribution in [1.82, 2.24) is 5.39 Å². The Kier molecular flexibility index (Phi) is 13.2. The van der Waals surface area contributed by atoms with E-state index in [0.717, 1.165) is 12.1 Å². The van der Waals surface area contributed by atoms with Crippen molar-refractivity contribution in [3.8, 4) is 5.75 Å². The Bertz CT molecular complexity index is 619. The van der Waals surface area contributed by atoms with Crippen molar-refractivity contribution >= 4 is 16.4 Å². The van der Waals surface area contributed by atoms with Crippen molar-refractivity contribution in [2.75, 3.05) is 39.6 Å². The van der Waals surface area contributed by atoms with Crippen molar-refractivity contribution in [1.29, 1.82) is 0 Å². The van der Waals surface area contributed by atoms with Crippen molar-refractivity contribution in [3.05, 3.63) is 29.8 Å². The summed E-state index contributed by atoms with van der Waals surface area (Å²) in [5, 5.41) is 34.5. The summed E-state index contributed by atoms with van der Waals surface area (Å²) >= 11 is 0. The number of carboxylic acid groups (broad SMARTS) is 1. The number of carbonyl (C=O) groups is 1. The standard InChI is InChI=1S/C7H6O6S.C6H15NO6/c8-7(9)5-3-1-2-4-6(5)13-14(10,11)12;8-1-4-11-7(12-5-2-9)13-6-3-10/h1-4H,(H,8,9)(H,10,11,12);8-10H,1-6H2. The van der Waals surface area contributed by atoms with Crippen LogP contribution in [0, 0.1) is 0 Å². The van der Waals surface area contributed by atoms with E-state index < -0.39 is 22.1 Å². The number of aliphatic hydroxyl groups excluding tert-OH is 3. The summed E-state index contributed by atoms with van der Waals surface area (Å²) in [5.74, 6) is -1.77. The first-order valence-electron chi connectivity index (χ1n) is 7.25. The lowest BCUT2D eigenvalue weighted by Gasteiger charge is -2.17. The molecule has 5 N–H and O–H groups in total. The highest BCUT2D eigenvalue weighted by molar-refractivity contribution is 7.81. The van der Waals surface area contributed by atoms with E-state index in [9.17, 15) is 13.2 Å². The molecule has 0 aliphatic carbocycles. The molecule has 1 rings (SSSR count). The highest BCUT2D eigenvalue weighted by Crippen LogP contribution is 2.18. The van der Waals surface area contributed by atoms with Crippen LogP contribution in [-0.4, -0.2) is 84.4 Å². The maximum atomic E-state index is 10.6. The Labute approximate surface area is 154 Å². The summed E-state index contributed by atoms with van der Waals surface area (Å²) in [6.45, 7) is -0.505. The number of hydrogen-bond donors (Lipinski definition) is 5. The molecule has 0 saturated carbocycles. The molecule has 0 aliphatic rings. The number of aliphatic hydroxyl groups is 3. The van der Waals surface area contributed by atoms with Gasteiger partial charge in [-0.3, -0.25) is 4.55 Å². The molecular weight excluding hydrogens is 394 g/mol. The number of nitrogens with zero attached hydrogens (tertiary/aromatic N) is 1. The van der Waals surface area contributed by atoms with Gasteiger partial charge in [-0.1, -0.05) is 12.1 Å². The average molecular weight is 415 g/mol. The minimum Gasteiger partial charge on any atom is -0.478 e. The molecule has 0 aromatic heterocycles. The van der Waals surface area contributed by atoms with Crippen molar-refractivity contribution in [2.24, 2.45) is 0 Å². The second-order valence-corrected chi connectivity index (χ2v) is 5.23. The summed E-state index contributed by atoms with van der Waals surface area (Å²) in [7, 11) is -4.70. The largest absolute Gasteiger partial charge is 0.478 e. The average Bonchev–Trinajstić information content (AvgIpc) is 2.60. The SMILES string of the molecule is O=C(O)c1ccccc1OS(=O)(=O)O.OCCON(OCCO)OCCO. The Morgan fingerprint density at radius 1 is 0.926 bits per heavy atom. The Morgan fingerprint density at radius 3 is 1.74 bits per heavy atom. The lowest BCUT2D eigenvalue weighted by atomic mass is 10.2. The maximum absolute atomic E-state index is 10.6. The minimum atomic E-state index is -4.70. The molecule has 0 saturated heterocycles. The van der Waals surface area contributed by atoms with Crippen LogP contribution in [0.3, 0.4) is 0 Å². The van der Waals surface area contributed by atoms with Crippen LogP contribution < -0.4 is 4.18 Å². The predicted octanol–water partition coefficient (Wildman–Crippen LogP) is -1.37. The summed E-state index contributed by atoms with van der Waals surface area (Å²) < 4.78 is 33.0. The molecular formula is C13H21NO12S. The molecule has 0 aliphatic heterocycles. The Balaban J connectivity index is 0.000000503. The molecule has 0 spiro atoms. The van der Waals surface area contributed by atoms with Crippen LogP contribution in [-0.2, 0) is 24.9 Å². The van der Waals surface area contributed by atoms with Crippen LogP contribution in [0.25, 0.3) is 0 Å². The van der Waals surface area contributed by atoms with Gasteiger partial charge in [0.2, 0.25) is 0 Å². The molecule has 0 radical (unpaired) electrons. The van der Waals surface area contributed by atoms with Gasteiger partial charge in [0.05, 0.1) is 45.0 Å². The van der Waals surface area contributed by atoms with E-state index in [0.29, 0.717) is 5.39 Å². The molecule has 0 fully saturated rings. The number of para-hydroxylation sites is 1. The number of carboxylic acids is 1. The number of hydrogen-bond acceptors (Lipinski definition) is 11.